The van der Waals surface area contributed by atoms with Crippen molar-refractivity contribution in [3.63, 3.8) is 0 Å². The zero-order valence-corrected chi connectivity index (χ0v) is 16.9. The molecule has 0 saturated carbocycles. The lowest BCUT2D eigenvalue weighted by Crippen LogP contribution is -2.51. The minimum Gasteiger partial charge on any atom is -0.367 e. The van der Waals surface area contributed by atoms with Crippen LogP contribution in [0.3, 0.4) is 0 Å². The quantitative estimate of drug-likeness (QED) is 0.631. The molecular weight excluding hydrogens is 347 g/mol. The SMILES string of the molecule is CC(C)CNC(=NCC(=O)N(C)C)N1CC(C)OC(c2ccc(F)cc2)C1. The van der Waals surface area contributed by atoms with Crippen molar-refractivity contribution >= 4 is 11.9 Å². The molecule has 1 amide bonds. The maximum atomic E-state index is 13.2. The normalized spacial score (nSPS) is 20.7. The number of rotatable bonds is 5. The van der Waals surface area contributed by atoms with Crippen molar-refractivity contribution in [2.24, 2.45) is 10.9 Å². The molecule has 7 heteroatoms. The van der Waals surface area contributed by atoms with Crippen molar-refractivity contribution in [2.45, 2.75) is 33.0 Å². The number of guanidine groups is 1. The first-order valence-corrected chi connectivity index (χ1v) is 9.40. The summed E-state index contributed by atoms with van der Waals surface area (Å²) in [6.45, 7) is 8.39. The molecule has 0 spiro atoms. The van der Waals surface area contributed by atoms with Crippen LogP contribution in [0.4, 0.5) is 4.39 Å². The van der Waals surface area contributed by atoms with Gasteiger partial charge in [-0.3, -0.25) is 4.79 Å². The van der Waals surface area contributed by atoms with Gasteiger partial charge in [0, 0.05) is 27.2 Å². The number of likely N-dealkylation sites (N-methyl/N-ethyl adjacent to an activating group) is 1. The second kappa shape index (κ2) is 9.69. The Bertz CT molecular complexity index is 646. The van der Waals surface area contributed by atoms with Crippen molar-refractivity contribution in [1.29, 1.82) is 0 Å². The number of hydrogen-bond donors (Lipinski definition) is 1. The Morgan fingerprint density at radius 3 is 2.59 bits per heavy atom. The van der Waals surface area contributed by atoms with E-state index in [1.54, 1.807) is 26.2 Å². The van der Waals surface area contributed by atoms with E-state index in [9.17, 15) is 9.18 Å². The van der Waals surface area contributed by atoms with Gasteiger partial charge in [0.1, 0.15) is 18.5 Å². The molecule has 2 atom stereocenters. The van der Waals surface area contributed by atoms with Gasteiger partial charge in [0.05, 0.1) is 12.6 Å². The first kappa shape index (κ1) is 21.2. The number of halogens is 1. The van der Waals surface area contributed by atoms with Gasteiger partial charge in [-0.2, -0.15) is 0 Å². The van der Waals surface area contributed by atoms with E-state index >= 15 is 0 Å². The number of ether oxygens (including phenoxy) is 1. The molecule has 1 fully saturated rings. The number of hydrogen-bond acceptors (Lipinski definition) is 3. The molecule has 27 heavy (non-hydrogen) atoms. The highest BCUT2D eigenvalue weighted by Crippen LogP contribution is 2.25. The average molecular weight is 378 g/mol. The predicted molar refractivity (Wildman–Crippen MR) is 105 cm³/mol. The highest BCUT2D eigenvalue weighted by molar-refractivity contribution is 5.85. The van der Waals surface area contributed by atoms with Crippen LogP contribution in [0.1, 0.15) is 32.4 Å². The number of nitrogens with zero attached hydrogens (tertiary/aromatic N) is 3. The third-order valence-corrected chi connectivity index (χ3v) is 4.33. The fourth-order valence-electron chi connectivity index (χ4n) is 2.83. The lowest BCUT2D eigenvalue weighted by atomic mass is 10.1. The van der Waals surface area contributed by atoms with Gasteiger partial charge >= 0.3 is 0 Å². The van der Waals surface area contributed by atoms with Gasteiger partial charge in [0.2, 0.25) is 5.91 Å². The van der Waals surface area contributed by atoms with Crippen molar-refractivity contribution in [1.82, 2.24) is 15.1 Å². The van der Waals surface area contributed by atoms with E-state index in [0.717, 1.165) is 12.1 Å². The second-order valence-corrected chi connectivity index (χ2v) is 7.59. The van der Waals surface area contributed by atoms with Crippen LogP contribution < -0.4 is 5.32 Å². The van der Waals surface area contributed by atoms with Crippen LogP contribution in [0.25, 0.3) is 0 Å². The Morgan fingerprint density at radius 2 is 2.00 bits per heavy atom. The van der Waals surface area contributed by atoms with Crippen LogP contribution in [0.2, 0.25) is 0 Å². The molecule has 0 radical (unpaired) electrons. The third-order valence-electron chi connectivity index (χ3n) is 4.33. The molecule has 2 rings (SSSR count). The maximum absolute atomic E-state index is 13.2. The molecule has 1 aliphatic heterocycles. The van der Waals surface area contributed by atoms with Crippen molar-refractivity contribution < 1.29 is 13.9 Å². The summed E-state index contributed by atoms with van der Waals surface area (Å²) in [4.78, 5) is 20.2. The lowest BCUT2D eigenvalue weighted by molar-refractivity contribution is -0.127. The summed E-state index contributed by atoms with van der Waals surface area (Å²) in [5.41, 5.74) is 0.931. The highest BCUT2D eigenvalue weighted by atomic mass is 19.1. The van der Waals surface area contributed by atoms with Crippen LogP contribution in [-0.2, 0) is 9.53 Å². The van der Waals surface area contributed by atoms with Crippen LogP contribution in [0.15, 0.2) is 29.3 Å². The summed E-state index contributed by atoms with van der Waals surface area (Å²) < 4.78 is 19.3. The number of carbonyl (C=O) groups excluding carboxylic acids is 1. The van der Waals surface area contributed by atoms with Crippen LogP contribution in [-0.4, -0.2) is 68.0 Å². The van der Waals surface area contributed by atoms with Gasteiger partial charge < -0.3 is 19.9 Å². The zero-order chi connectivity index (χ0) is 20.0. The Hall–Kier alpha value is -2.15. The maximum Gasteiger partial charge on any atom is 0.243 e. The third kappa shape index (κ3) is 6.50. The molecule has 2 unspecified atom stereocenters. The van der Waals surface area contributed by atoms with Gasteiger partial charge in [-0.05, 0) is 30.5 Å². The van der Waals surface area contributed by atoms with Gasteiger partial charge in [-0.15, -0.1) is 0 Å². The second-order valence-electron chi connectivity index (χ2n) is 7.59. The van der Waals surface area contributed by atoms with Crippen molar-refractivity contribution in [2.75, 3.05) is 40.3 Å². The molecule has 0 aliphatic carbocycles. The minimum atomic E-state index is -0.262. The fraction of sp³-hybridized carbons (Fsp3) is 0.600. The molecular formula is C20H31FN4O2. The van der Waals surface area contributed by atoms with Crippen molar-refractivity contribution in [3.8, 4) is 0 Å². The molecule has 1 aliphatic rings. The van der Waals surface area contributed by atoms with E-state index in [4.69, 9.17) is 4.74 Å². The van der Waals surface area contributed by atoms with E-state index in [1.165, 1.54) is 17.0 Å². The summed E-state index contributed by atoms with van der Waals surface area (Å²) >= 11 is 0. The number of carbonyl (C=O) groups is 1. The molecule has 0 bridgehead atoms. The number of morpholine rings is 1. The monoisotopic (exact) mass is 378 g/mol. The van der Waals surface area contributed by atoms with E-state index < -0.39 is 0 Å². The average Bonchev–Trinajstić information content (AvgIpc) is 2.61. The van der Waals surface area contributed by atoms with Crippen LogP contribution in [0, 0.1) is 11.7 Å². The molecule has 1 saturated heterocycles. The fourth-order valence-corrected chi connectivity index (χ4v) is 2.83. The summed E-state index contributed by atoms with van der Waals surface area (Å²) in [6.07, 6.45) is -0.186. The lowest BCUT2D eigenvalue weighted by Gasteiger charge is -2.39. The minimum absolute atomic E-state index is 0.00981. The molecule has 1 heterocycles. The molecule has 1 aromatic carbocycles. The first-order valence-electron chi connectivity index (χ1n) is 9.40. The predicted octanol–water partition coefficient (Wildman–Crippen LogP) is 2.28. The first-order chi connectivity index (χ1) is 12.8. The van der Waals surface area contributed by atoms with Crippen LogP contribution >= 0.6 is 0 Å². The van der Waals surface area contributed by atoms with Gasteiger partial charge in [0.25, 0.3) is 0 Å². The molecule has 6 nitrogen and oxygen atoms in total. The standard InChI is InChI=1S/C20H31FN4O2/c1-14(2)10-22-20(23-11-19(26)24(4)5)25-12-15(3)27-18(13-25)16-6-8-17(21)9-7-16/h6-9,14-15,18H,10-13H2,1-5H3,(H,22,23). The summed E-state index contributed by atoms with van der Waals surface area (Å²) in [6, 6.07) is 6.41. The molecule has 1 aromatic rings. The Kier molecular flexibility index (Phi) is 7.59. The molecule has 0 aromatic heterocycles. The van der Waals surface area contributed by atoms with E-state index in [1.807, 2.05) is 6.92 Å². The molecule has 150 valence electrons. The zero-order valence-electron chi connectivity index (χ0n) is 16.9. The number of amides is 1. The molecule has 1 N–H and O–H groups in total. The van der Waals surface area contributed by atoms with Gasteiger partial charge in [-0.25, -0.2) is 9.38 Å². The number of aliphatic imine (C=N–C) groups is 1. The summed E-state index contributed by atoms with van der Waals surface area (Å²) in [7, 11) is 3.45. The topological polar surface area (TPSA) is 57.2 Å². The van der Waals surface area contributed by atoms with Crippen molar-refractivity contribution in [3.05, 3.63) is 35.6 Å². The number of benzene rings is 1. The van der Waals surface area contributed by atoms with Crippen LogP contribution in [0.5, 0.6) is 0 Å². The largest absolute Gasteiger partial charge is 0.367 e. The van der Waals surface area contributed by atoms with Gasteiger partial charge in [0.15, 0.2) is 5.96 Å². The van der Waals surface area contributed by atoms with E-state index in [0.29, 0.717) is 25.0 Å². The summed E-state index contributed by atoms with van der Waals surface area (Å²) in [5, 5.41) is 3.37. The van der Waals surface area contributed by atoms with Gasteiger partial charge in [-0.1, -0.05) is 26.0 Å². The Morgan fingerprint density at radius 1 is 1.33 bits per heavy atom. The van der Waals surface area contributed by atoms with E-state index in [-0.39, 0.29) is 30.5 Å². The smallest absolute Gasteiger partial charge is 0.243 e. The Labute approximate surface area is 161 Å². The summed E-state index contributed by atoms with van der Waals surface area (Å²) in [5.74, 6) is 0.852. The highest BCUT2D eigenvalue weighted by Gasteiger charge is 2.28. The number of nitrogens with one attached hydrogen (secondary N) is 1. The van der Waals surface area contributed by atoms with E-state index in [2.05, 4.69) is 29.1 Å². The Balaban J connectivity index is 2.17.